The minimum absolute atomic E-state index is 0.00308. The van der Waals surface area contributed by atoms with Crippen LogP contribution in [0.15, 0.2) is 91.0 Å². The molecule has 0 saturated carbocycles. The van der Waals surface area contributed by atoms with Crippen molar-refractivity contribution in [1.29, 1.82) is 0 Å². The second-order valence-corrected chi connectivity index (χ2v) is 23.1. The van der Waals surface area contributed by atoms with Gasteiger partial charge in [0.15, 0.2) is 16.7 Å². The summed E-state index contributed by atoms with van der Waals surface area (Å²) in [5, 5.41) is 1.37. The molecule has 0 aliphatic carbocycles. The molecule has 372 valence electrons. The smallest absolute Gasteiger partial charge is 0.279 e. The van der Waals surface area contributed by atoms with Crippen LogP contribution in [0.25, 0.3) is 0 Å². The fraction of sp³-hybridized carbons (Fsp3) is 0.382. The summed E-state index contributed by atoms with van der Waals surface area (Å²) in [5.41, 5.74) is 9.75. The molecule has 0 bridgehead atoms. The third kappa shape index (κ3) is 10.9. The lowest BCUT2D eigenvalue weighted by molar-refractivity contribution is -0.119. The lowest BCUT2D eigenvalue weighted by atomic mass is 9.98. The Bertz CT molecular complexity index is 2980. The maximum Gasteiger partial charge on any atom is 0.279 e. The summed E-state index contributed by atoms with van der Waals surface area (Å²) < 4.78 is 50.2. The molecule has 1 unspecified atom stereocenters. The molecule has 1 N–H and O–H groups in total. The summed E-state index contributed by atoms with van der Waals surface area (Å²) >= 11 is 0. The lowest BCUT2D eigenvalue weighted by Gasteiger charge is -2.23. The Kier molecular flexibility index (Phi) is 15.5. The SMILES string of the molecule is CCC(=O)CCCSSCCC(C(=O)Nc1cc(COc2cc3c(cc2C)C(=O)N2c4ccccc4C[C@H]2CC3)cc(COc2cc3c(cc2OC)C(=O)N2c4ccccc4C[C@H]2CC3)c1)S(=O)(=O)OC. The number of para-hydroxylation sites is 2. The van der Waals surface area contributed by atoms with Crippen molar-refractivity contribution in [3.8, 4) is 17.2 Å². The maximum atomic E-state index is 14.1. The molecule has 0 spiro atoms. The molecule has 0 radical (unpaired) electrons. The van der Waals surface area contributed by atoms with Crippen LogP contribution in [0.5, 0.6) is 17.2 Å². The van der Waals surface area contributed by atoms with Gasteiger partial charge in [0, 0.05) is 64.6 Å². The standard InChI is InChI=1S/C55H59N3O10S3/c1-5-44(59)13-10-21-69-70-22-20-52(71(63,64)66-4)53(60)56-41-25-35(32-67-49-29-37-16-18-42-27-39-11-6-8-14-47(39)57(42)54(61)45(37)23-34(49)2)24-36(26-41)33-68-51-30-38-17-19-43-28-40-12-7-9-15-48(40)58(43)55(62)46(38)31-50(51)65-3/h6-9,11-12,14-15,23-26,29-31,42-43,52H,5,10,13,16-22,27-28,32-33H2,1-4H3,(H,56,60)/t42-,43-,52?/m1/s1. The molecule has 9 rings (SSSR count). The highest BCUT2D eigenvalue weighted by Gasteiger charge is 2.39. The van der Waals surface area contributed by atoms with Gasteiger partial charge in [0.25, 0.3) is 21.9 Å². The van der Waals surface area contributed by atoms with Gasteiger partial charge in [-0.05, 0) is 152 Å². The van der Waals surface area contributed by atoms with Crippen LogP contribution in [0, 0.1) is 6.92 Å². The van der Waals surface area contributed by atoms with E-state index in [0.717, 1.165) is 73.0 Å². The van der Waals surface area contributed by atoms with Crippen molar-refractivity contribution >= 4 is 72.3 Å². The van der Waals surface area contributed by atoms with E-state index in [0.29, 0.717) is 76.6 Å². The van der Waals surface area contributed by atoms with E-state index in [-0.39, 0.29) is 49.3 Å². The van der Waals surface area contributed by atoms with Gasteiger partial charge in [0.2, 0.25) is 5.91 Å². The number of aryl methyl sites for hydroxylation is 3. The molecule has 13 nitrogen and oxygen atoms in total. The molecule has 0 aromatic heterocycles. The van der Waals surface area contributed by atoms with Crippen molar-refractivity contribution in [2.24, 2.45) is 0 Å². The molecular weight excluding hydrogens is 959 g/mol. The van der Waals surface area contributed by atoms with Gasteiger partial charge in [-0.3, -0.25) is 23.4 Å². The molecule has 0 fully saturated rings. The van der Waals surface area contributed by atoms with Crippen molar-refractivity contribution in [1.82, 2.24) is 0 Å². The van der Waals surface area contributed by atoms with Gasteiger partial charge < -0.3 is 29.3 Å². The zero-order chi connectivity index (χ0) is 49.8. The van der Waals surface area contributed by atoms with E-state index >= 15 is 0 Å². The fourth-order valence-corrected chi connectivity index (χ4v) is 13.5. The van der Waals surface area contributed by atoms with Crippen LogP contribution in [-0.4, -0.2) is 75.0 Å². The molecule has 3 amide bonds. The normalized spacial score (nSPS) is 17.2. The number of nitrogens with one attached hydrogen (secondary N) is 1. The number of hydrogen-bond donors (Lipinski definition) is 1. The Balaban J connectivity index is 0.956. The zero-order valence-electron chi connectivity index (χ0n) is 40.5. The van der Waals surface area contributed by atoms with Gasteiger partial charge in [-0.1, -0.05) is 64.9 Å². The van der Waals surface area contributed by atoms with E-state index in [4.69, 9.17) is 18.4 Å². The predicted molar refractivity (Wildman–Crippen MR) is 280 cm³/mol. The van der Waals surface area contributed by atoms with Crippen molar-refractivity contribution in [3.05, 3.63) is 141 Å². The number of benzene rings is 5. The zero-order valence-corrected chi connectivity index (χ0v) is 42.9. The minimum atomic E-state index is -4.28. The number of carbonyl (C=O) groups excluding carboxylic acids is 4. The first-order valence-electron chi connectivity index (χ1n) is 24.3. The van der Waals surface area contributed by atoms with Gasteiger partial charge in [-0.2, -0.15) is 8.42 Å². The number of carbonyl (C=O) groups is 4. The lowest BCUT2D eigenvalue weighted by Crippen LogP contribution is -2.36. The second-order valence-electron chi connectivity index (χ2n) is 18.5. The number of anilines is 3. The molecule has 0 saturated heterocycles. The first-order valence-corrected chi connectivity index (χ1v) is 28.2. The highest BCUT2D eigenvalue weighted by molar-refractivity contribution is 8.76. The number of nitrogens with zero attached hydrogens (tertiary/aromatic N) is 2. The van der Waals surface area contributed by atoms with E-state index in [1.54, 1.807) is 18.2 Å². The topological polar surface area (TPSA) is 158 Å². The maximum absolute atomic E-state index is 14.1. The summed E-state index contributed by atoms with van der Waals surface area (Å²) in [6.07, 6.45) is 6.35. The summed E-state index contributed by atoms with van der Waals surface area (Å²) in [4.78, 5) is 57.8. The number of rotatable bonds is 20. The highest BCUT2D eigenvalue weighted by Crippen LogP contribution is 2.42. The van der Waals surface area contributed by atoms with Crippen LogP contribution >= 0.6 is 21.6 Å². The third-order valence-electron chi connectivity index (χ3n) is 13.9. The Hall–Kier alpha value is -5.81. The van der Waals surface area contributed by atoms with E-state index < -0.39 is 21.3 Å². The van der Waals surface area contributed by atoms with Gasteiger partial charge in [-0.25, -0.2) is 0 Å². The monoisotopic (exact) mass is 1020 g/mol. The van der Waals surface area contributed by atoms with E-state index in [1.807, 2.05) is 84.3 Å². The quantitative estimate of drug-likeness (QED) is 0.0448. The molecule has 5 aromatic rings. The minimum Gasteiger partial charge on any atom is -0.493 e. The van der Waals surface area contributed by atoms with Crippen LogP contribution in [0.1, 0.15) is 105 Å². The summed E-state index contributed by atoms with van der Waals surface area (Å²) in [6, 6.07) is 29.2. The molecular formula is C55H59N3O10S3. The largest absolute Gasteiger partial charge is 0.493 e. The number of amides is 3. The van der Waals surface area contributed by atoms with Gasteiger partial charge >= 0.3 is 0 Å². The van der Waals surface area contributed by atoms with Crippen LogP contribution in [0.2, 0.25) is 0 Å². The molecule has 5 aromatic carbocycles. The fourth-order valence-electron chi connectivity index (χ4n) is 10.3. The Labute approximate surface area is 423 Å². The Morgan fingerprint density at radius 3 is 1.87 bits per heavy atom. The molecule has 16 heteroatoms. The number of hydrogen-bond acceptors (Lipinski definition) is 12. The van der Waals surface area contributed by atoms with E-state index in [9.17, 15) is 27.6 Å². The molecule has 4 heterocycles. The van der Waals surface area contributed by atoms with Gasteiger partial charge in [-0.15, -0.1) is 0 Å². The molecule has 71 heavy (non-hydrogen) atoms. The van der Waals surface area contributed by atoms with Gasteiger partial charge in [0.1, 0.15) is 24.7 Å². The molecule has 4 aliphatic rings. The van der Waals surface area contributed by atoms with E-state index in [2.05, 4.69) is 17.4 Å². The number of ketones is 1. The summed E-state index contributed by atoms with van der Waals surface area (Å²) in [5.74, 6) is 1.94. The van der Waals surface area contributed by atoms with Crippen molar-refractivity contribution in [2.75, 3.05) is 40.8 Å². The third-order valence-corrected chi connectivity index (χ3v) is 18.1. The van der Waals surface area contributed by atoms with Crippen molar-refractivity contribution in [2.45, 2.75) is 109 Å². The predicted octanol–water partition coefficient (Wildman–Crippen LogP) is 10.0. The van der Waals surface area contributed by atoms with Gasteiger partial charge in [0.05, 0.1) is 14.2 Å². The number of fused-ring (bicyclic) bond motifs is 8. The summed E-state index contributed by atoms with van der Waals surface area (Å²) in [6.45, 7) is 3.87. The van der Waals surface area contributed by atoms with Crippen LogP contribution in [0.4, 0.5) is 17.1 Å². The number of Topliss-reactive ketones (excluding diaryl/α,β-unsaturated/α-hetero) is 1. The highest BCUT2D eigenvalue weighted by atomic mass is 33.1. The molecule has 4 aliphatic heterocycles. The average molecular weight is 1020 g/mol. The van der Waals surface area contributed by atoms with Crippen molar-refractivity contribution < 1.29 is 46.0 Å². The van der Waals surface area contributed by atoms with Crippen LogP contribution < -0.4 is 29.3 Å². The summed E-state index contributed by atoms with van der Waals surface area (Å²) in [7, 11) is 1.30. The Morgan fingerprint density at radius 1 is 0.718 bits per heavy atom. The number of ether oxygens (including phenoxy) is 3. The average Bonchev–Trinajstić information content (AvgIpc) is 3.86. The van der Waals surface area contributed by atoms with Crippen LogP contribution in [0.3, 0.4) is 0 Å². The second kappa shape index (κ2) is 21.9. The first kappa shape index (κ1) is 50.1. The first-order chi connectivity index (χ1) is 34.3. The van der Waals surface area contributed by atoms with Crippen LogP contribution in [-0.2, 0) is 62.8 Å². The van der Waals surface area contributed by atoms with E-state index in [1.165, 1.54) is 39.8 Å². The van der Waals surface area contributed by atoms with Crippen molar-refractivity contribution in [3.63, 3.8) is 0 Å². The number of methoxy groups -OCH3 is 1. The molecule has 3 atom stereocenters. The Morgan fingerprint density at radius 2 is 1.28 bits per heavy atom.